The summed E-state index contributed by atoms with van der Waals surface area (Å²) < 4.78 is 7.65. The van der Waals surface area contributed by atoms with E-state index in [1.807, 2.05) is 6.92 Å². The van der Waals surface area contributed by atoms with Crippen LogP contribution in [-0.2, 0) is 11.8 Å². The van der Waals surface area contributed by atoms with Crippen molar-refractivity contribution in [3.63, 3.8) is 0 Å². The molecule has 1 unspecified atom stereocenters. The summed E-state index contributed by atoms with van der Waals surface area (Å²) in [6.45, 7) is 3.31. The summed E-state index contributed by atoms with van der Waals surface area (Å²) in [7, 11) is 1.80. The largest absolute Gasteiger partial charge is 0.481 e. The lowest BCUT2D eigenvalue weighted by Gasteiger charge is -2.15. The topological polar surface area (TPSA) is 86.1 Å². The van der Waals surface area contributed by atoms with Crippen molar-refractivity contribution in [2.45, 2.75) is 25.1 Å². The van der Waals surface area contributed by atoms with E-state index in [4.69, 9.17) is 27.9 Å². The standard InChI is InChI=1S/C21H20Cl2N4O3S/c1-12(28)14-5-4-6-16(9-14)24-19(29)11-31-21-26-25-20(27(21)3)13(2)30-18-8-7-15(22)10-17(18)23/h4-10,13H,11H2,1-3H3,(H,24,29). The van der Waals surface area contributed by atoms with Crippen LogP contribution in [0.25, 0.3) is 0 Å². The number of ether oxygens (including phenoxy) is 1. The van der Waals surface area contributed by atoms with Crippen LogP contribution in [0.1, 0.15) is 36.1 Å². The molecule has 2 aromatic carbocycles. The Bertz CT molecular complexity index is 1120. The molecule has 1 amide bonds. The number of aromatic nitrogens is 3. The number of amides is 1. The molecule has 1 heterocycles. The van der Waals surface area contributed by atoms with Gasteiger partial charge in [-0.3, -0.25) is 9.59 Å². The third-order valence-corrected chi connectivity index (χ3v) is 5.87. The lowest BCUT2D eigenvalue weighted by atomic mass is 10.1. The zero-order valence-corrected chi connectivity index (χ0v) is 19.4. The average Bonchev–Trinajstić information content (AvgIpc) is 3.09. The maximum atomic E-state index is 12.3. The molecule has 162 valence electrons. The molecule has 0 aliphatic heterocycles. The molecule has 3 rings (SSSR count). The highest BCUT2D eigenvalue weighted by molar-refractivity contribution is 7.99. The lowest BCUT2D eigenvalue weighted by molar-refractivity contribution is -0.113. The molecule has 3 aromatic rings. The second-order valence-corrected chi connectivity index (χ2v) is 8.49. The van der Waals surface area contributed by atoms with Crippen LogP contribution < -0.4 is 10.1 Å². The summed E-state index contributed by atoms with van der Waals surface area (Å²) in [4.78, 5) is 23.8. The van der Waals surface area contributed by atoms with Gasteiger partial charge < -0.3 is 14.6 Å². The monoisotopic (exact) mass is 478 g/mol. The number of rotatable bonds is 8. The highest BCUT2D eigenvalue weighted by Gasteiger charge is 2.19. The van der Waals surface area contributed by atoms with E-state index < -0.39 is 6.10 Å². The first-order chi connectivity index (χ1) is 14.7. The molecule has 1 N–H and O–H groups in total. The minimum Gasteiger partial charge on any atom is -0.481 e. The van der Waals surface area contributed by atoms with Gasteiger partial charge in [0, 0.05) is 23.3 Å². The van der Waals surface area contributed by atoms with Gasteiger partial charge in [-0.2, -0.15) is 0 Å². The van der Waals surface area contributed by atoms with Crippen molar-refractivity contribution in [1.82, 2.24) is 14.8 Å². The SMILES string of the molecule is CC(=O)c1cccc(NC(=O)CSc2nnc(C(C)Oc3ccc(Cl)cc3Cl)n2C)c1. The molecular weight excluding hydrogens is 459 g/mol. The Labute approximate surface area is 194 Å². The third kappa shape index (κ3) is 6.00. The zero-order valence-electron chi connectivity index (χ0n) is 17.1. The minimum atomic E-state index is -0.423. The van der Waals surface area contributed by atoms with Crippen LogP contribution >= 0.6 is 35.0 Å². The first-order valence-corrected chi connectivity index (χ1v) is 11.0. The number of carbonyl (C=O) groups excluding carboxylic acids is 2. The first-order valence-electron chi connectivity index (χ1n) is 9.29. The van der Waals surface area contributed by atoms with Crippen LogP contribution in [0.2, 0.25) is 10.0 Å². The van der Waals surface area contributed by atoms with Gasteiger partial charge in [0.05, 0.1) is 10.8 Å². The highest BCUT2D eigenvalue weighted by atomic mass is 35.5. The fraction of sp³-hybridized carbons (Fsp3) is 0.238. The number of hydrogen-bond acceptors (Lipinski definition) is 6. The average molecular weight is 479 g/mol. The van der Waals surface area contributed by atoms with E-state index in [2.05, 4.69) is 15.5 Å². The normalized spacial score (nSPS) is 11.8. The van der Waals surface area contributed by atoms with E-state index in [0.717, 1.165) is 0 Å². The minimum absolute atomic E-state index is 0.0617. The van der Waals surface area contributed by atoms with Crippen molar-refractivity contribution in [3.8, 4) is 5.75 Å². The van der Waals surface area contributed by atoms with Gasteiger partial charge in [0.1, 0.15) is 5.75 Å². The number of nitrogens with one attached hydrogen (secondary N) is 1. The summed E-state index contributed by atoms with van der Waals surface area (Å²) in [6.07, 6.45) is -0.423. The number of benzene rings is 2. The van der Waals surface area contributed by atoms with Crippen LogP contribution in [0.4, 0.5) is 5.69 Å². The molecule has 0 radical (unpaired) electrons. The molecule has 0 spiro atoms. The Morgan fingerprint density at radius 3 is 2.68 bits per heavy atom. The third-order valence-electron chi connectivity index (χ3n) is 4.32. The second-order valence-electron chi connectivity index (χ2n) is 6.71. The van der Waals surface area contributed by atoms with Crippen LogP contribution in [0.5, 0.6) is 5.75 Å². The molecule has 1 atom stereocenters. The van der Waals surface area contributed by atoms with Gasteiger partial charge in [0.15, 0.2) is 22.9 Å². The van der Waals surface area contributed by atoms with E-state index in [1.165, 1.54) is 18.7 Å². The van der Waals surface area contributed by atoms with Crippen LogP contribution in [0.3, 0.4) is 0 Å². The summed E-state index contributed by atoms with van der Waals surface area (Å²) in [5.74, 6) is 0.931. The smallest absolute Gasteiger partial charge is 0.234 e. The Kier molecular flexibility index (Phi) is 7.59. The molecule has 0 saturated carbocycles. The number of ketones is 1. The van der Waals surface area contributed by atoms with Gasteiger partial charge in [-0.1, -0.05) is 47.1 Å². The van der Waals surface area contributed by atoms with Crippen molar-refractivity contribution in [1.29, 1.82) is 0 Å². The van der Waals surface area contributed by atoms with Crippen molar-refractivity contribution in [2.75, 3.05) is 11.1 Å². The van der Waals surface area contributed by atoms with E-state index in [-0.39, 0.29) is 17.4 Å². The van der Waals surface area contributed by atoms with Crippen LogP contribution in [-0.4, -0.2) is 32.2 Å². The number of carbonyl (C=O) groups is 2. The quantitative estimate of drug-likeness (QED) is 0.353. The molecular formula is C21H20Cl2N4O3S. The molecule has 0 fully saturated rings. The molecule has 31 heavy (non-hydrogen) atoms. The Balaban J connectivity index is 1.60. The maximum absolute atomic E-state index is 12.3. The number of nitrogens with zero attached hydrogens (tertiary/aromatic N) is 3. The van der Waals surface area contributed by atoms with Crippen molar-refractivity contribution in [3.05, 3.63) is 63.9 Å². The summed E-state index contributed by atoms with van der Waals surface area (Å²) in [5.41, 5.74) is 1.11. The van der Waals surface area contributed by atoms with Crippen molar-refractivity contribution in [2.24, 2.45) is 7.05 Å². The number of thioether (sulfide) groups is 1. The lowest BCUT2D eigenvalue weighted by Crippen LogP contribution is -2.15. The zero-order chi connectivity index (χ0) is 22.5. The summed E-state index contributed by atoms with van der Waals surface area (Å²) in [6, 6.07) is 11.8. The van der Waals surface area contributed by atoms with Gasteiger partial charge in [0.25, 0.3) is 0 Å². The summed E-state index contributed by atoms with van der Waals surface area (Å²) in [5, 5.41) is 12.6. The predicted octanol–water partition coefficient (Wildman–Crippen LogP) is 5.20. The van der Waals surface area contributed by atoms with Gasteiger partial charge in [-0.05, 0) is 44.2 Å². The molecule has 10 heteroatoms. The first kappa shape index (κ1) is 23.1. The number of hydrogen-bond donors (Lipinski definition) is 1. The van der Waals surface area contributed by atoms with E-state index in [1.54, 1.807) is 54.1 Å². The van der Waals surface area contributed by atoms with Crippen LogP contribution in [0.15, 0.2) is 47.6 Å². The molecule has 0 bridgehead atoms. The Morgan fingerprint density at radius 1 is 1.19 bits per heavy atom. The van der Waals surface area contributed by atoms with Gasteiger partial charge in [-0.25, -0.2) is 0 Å². The van der Waals surface area contributed by atoms with Gasteiger partial charge in [-0.15, -0.1) is 10.2 Å². The highest BCUT2D eigenvalue weighted by Crippen LogP contribution is 2.31. The fourth-order valence-electron chi connectivity index (χ4n) is 2.76. The number of anilines is 1. The number of halogens is 2. The molecule has 7 nitrogen and oxygen atoms in total. The molecule has 1 aromatic heterocycles. The van der Waals surface area contributed by atoms with E-state index in [9.17, 15) is 9.59 Å². The van der Waals surface area contributed by atoms with Crippen molar-refractivity contribution >= 4 is 52.3 Å². The summed E-state index contributed by atoms with van der Waals surface area (Å²) >= 11 is 13.3. The van der Waals surface area contributed by atoms with E-state index in [0.29, 0.717) is 38.0 Å². The van der Waals surface area contributed by atoms with Gasteiger partial charge in [0.2, 0.25) is 5.91 Å². The Hall–Kier alpha value is -2.55. The van der Waals surface area contributed by atoms with E-state index >= 15 is 0 Å². The van der Waals surface area contributed by atoms with Crippen molar-refractivity contribution < 1.29 is 14.3 Å². The second kappa shape index (κ2) is 10.2. The molecule has 0 aliphatic rings. The maximum Gasteiger partial charge on any atom is 0.234 e. The number of Topliss-reactive ketones (excluding diaryl/α,β-unsaturated/α-hetero) is 1. The Morgan fingerprint density at radius 2 is 1.97 bits per heavy atom. The molecule has 0 aliphatic carbocycles. The predicted molar refractivity (Wildman–Crippen MR) is 122 cm³/mol. The fourth-order valence-corrected chi connectivity index (χ4v) is 3.93. The van der Waals surface area contributed by atoms with Gasteiger partial charge >= 0.3 is 0 Å². The molecule has 0 saturated heterocycles. The van der Waals surface area contributed by atoms with Crippen LogP contribution in [0, 0.1) is 0 Å².